The SMILES string of the molecule is Oc1ccc([C@H]2Oc3cc(O)cc4c3[C@H]2c2cc(O)cc3c2[C@@H](c2cc(O)cc5c2[C@H]4[C@@H](c2ccc(O)cc2)O5)[C@H](c2ccc(O)cc2)O3)cc1. The van der Waals surface area contributed by atoms with Gasteiger partial charge < -0.3 is 44.8 Å². The van der Waals surface area contributed by atoms with Crippen LogP contribution in [0.2, 0.25) is 0 Å². The Hall–Kier alpha value is -6.48. The molecule has 252 valence electrons. The predicted molar refractivity (Wildman–Crippen MR) is 184 cm³/mol. The molecule has 0 unspecified atom stereocenters. The van der Waals surface area contributed by atoms with Crippen LogP contribution >= 0.6 is 0 Å². The van der Waals surface area contributed by atoms with Crippen molar-refractivity contribution in [2.75, 3.05) is 0 Å². The number of phenolic OH excluding ortho intramolecular Hbond substituents is 6. The van der Waals surface area contributed by atoms with Gasteiger partial charge in [-0.05, 0) is 88.0 Å². The summed E-state index contributed by atoms with van der Waals surface area (Å²) < 4.78 is 20.3. The zero-order valence-corrected chi connectivity index (χ0v) is 26.8. The molecule has 6 aromatic rings. The molecule has 6 N–H and O–H groups in total. The van der Waals surface area contributed by atoms with Gasteiger partial charge in [0.25, 0.3) is 0 Å². The molecule has 9 heteroatoms. The third kappa shape index (κ3) is 4.34. The first kappa shape index (κ1) is 29.4. The lowest BCUT2D eigenvalue weighted by atomic mass is 9.76. The van der Waals surface area contributed by atoms with Crippen molar-refractivity contribution in [2.45, 2.75) is 36.1 Å². The summed E-state index contributed by atoms with van der Waals surface area (Å²) >= 11 is 0. The van der Waals surface area contributed by atoms with Gasteiger partial charge in [-0.2, -0.15) is 0 Å². The molecule has 0 aromatic heterocycles. The smallest absolute Gasteiger partial charge is 0.135 e. The van der Waals surface area contributed by atoms with Gasteiger partial charge in [0.15, 0.2) is 0 Å². The van der Waals surface area contributed by atoms with Crippen LogP contribution in [-0.4, -0.2) is 30.6 Å². The van der Waals surface area contributed by atoms with Crippen LogP contribution in [0.4, 0.5) is 0 Å². The molecular weight excluding hydrogens is 648 g/mol. The molecule has 0 amide bonds. The summed E-state index contributed by atoms with van der Waals surface area (Å²) in [5, 5.41) is 64.5. The molecule has 3 heterocycles. The van der Waals surface area contributed by atoms with Crippen LogP contribution in [0.5, 0.6) is 51.7 Å². The molecule has 0 saturated heterocycles. The fourth-order valence-electron chi connectivity index (χ4n) is 8.76. The van der Waals surface area contributed by atoms with Crippen molar-refractivity contribution in [2.24, 2.45) is 0 Å². The van der Waals surface area contributed by atoms with Gasteiger partial charge >= 0.3 is 0 Å². The van der Waals surface area contributed by atoms with E-state index in [1.54, 1.807) is 109 Å². The summed E-state index contributed by atoms with van der Waals surface area (Å²) in [5.41, 5.74) is 6.97. The highest BCUT2D eigenvalue weighted by molar-refractivity contribution is 5.70. The van der Waals surface area contributed by atoms with Gasteiger partial charge in [0.2, 0.25) is 0 Å². The van der Waals surface area contributed by atoms with Crippen molar-refractivity contribution in [3.63, 3.8) is 0 Å². The maximum absolute atomic E-state index is 11.3. The summed E-state index contributed by atoms with van der Waals surface area (Å²) in [6.45, 7) is 0. The molecule has 6 aromatic carbocycles. The highest BCUT2D eigenvalue weighted by Gasteiger charge is 2.52. The second kappa shape index (κ2) is 10.5. The maximum atomic E-state index is 11.3. The fourth-order valence-corrected chi connectivity index (χ4v) is 8.76. The van der Waals surface area contributed by atoms with Crippen LogP contribution in [0.3, 0.4) is 0 Å². The number of rotatable bonds is 3. The number of aromatic hydroxyl groups is 6. The molecule has 4 aliphatic rings. The monoisotopic (exact) mass is 678 g/mol. The van der Waals surface area contributed by atoms with Crippen LogP contribution in [0.25, 0.3) is 0 Å². The van der Waals surface area contributed by atoms with E-state index in [1.807, 2.05) is 0 Å². The Balaban J connectivity index is 1.33. The molecule has 0 spiro atoms. The molecular formula is C42H30O9. The highest BCUT2D eigenvalue weighted by atomic mass is 16.5. The van der Waals surface area contributed by atoms with E-state index >= 15 is 0 Å². The van der Waals surface area contributed by atoms with Gasteiger partial charge in [0.1, 0.15) is 70.1 Å². The molecule has 0 saturated carbocycles. The summed E-state index contributed by atoms with van der Waals surface area (Å²) in [5.74, 6) is 0.123. The predicted octanol–water partition coefficient (Wildman–Crippen LogP) is 8.03. The van der Waals surface area contributed by atoms with Crippen molar-refractivity contribution >= 4 is 0 Å². The van der Waals surface area contributed by atoms with Crippen molar-refractivity contribution in [1.82, 2.24) is 0 Å². The summed E-state index contributed by atoms with van der Waals surface area (Å²) in [7, 11) is 0. The quantitative estimate of drug-likeness (QED) is 0.109. The average Bonchev–Trinajstić information content (AvgIpc) is 3.80. The van der Waals surface area contributed by atoms with Crippen molar-refractivity contribution in [3.8, 4) is 51.7 Å². The summed E-state index contributed by atoms with van der Waals surface area (Å²) in [6.07, 6.45) is -1.91. The number of benzene rings is 6. The first-order valence-electron chi connectivity index (χ1n) is 16.7. The van der Waals surface area contributed by atoms with Crippen LogP contribution in [-0.2, 0) is 0 Å². The lowest BCUT2D eigenvalue weighted by Crippen LogP contribution is -2.16. The van der Waals surface area contributed by atoms with Crippen LogP contribution in [0.15, 0.2) is 109 Å². The molecule has 9 nitrogen and oxygen atoms in total. The topological polar surface area (TPSA) is 149 Å². The Morgan fingerprint density at radius 2 is 0.569 bits per heavy atom. The summed E-state index contributed by atoms with van der Waals surface area (Å²) in [6, 6.07) is 30.5. The van der Waals surface area contributed by atoms with Gasteiger partial charge in [-0.1, -0.05) is 36.4 Å². The Kier molecular flexibility index (Phi) is 6.07. The second-order valence-corrected chi connectivity index (χ2v) is 13.7. The minimum absolute atomic E-state index is 0.00268. The number of ether oxygens (including phenoxy) is 3. The number of hydrogen-bond donors (Lipinski definition) is 6. The molecule has 0 fully saturated rings. The van der Waals surface area contributed by atoms with E-state index in [2.05, 4.69) is 0 Å². The molecule has 51 heavy (non-hydrogen) atoms. The molecule has 1 aliphatic carbocycles. The van der Waals surface area contributed by atoms with Gasteiger partial charge in [-0.3, -0.25) is 0 Å². The molecule has 3 aliphatic heterocycles. The number of fused-ring (bicyclic) bond motifs is 3. The maximum Gasteiger partial charge on any atom is 0.135 e. The second-order valence-electron chi connectivity index (χ2n) is 13.7. The van der Waals surface area contributed by atoms with Gasteiger partial charge in [-0.15, -0.1) is 0 Å². The first-order valence-corrected chi connectivity index (χ1v) is 16.7. The molecule has 6 atom stereocenters. The first-order chi connectivity index (χ1) is 24.7. The zero-order valence-electron chi connectivity index (χ0n) is 26.8. The largest absolute Gasteiger partial charge is 0.508 e. The Morgan fingerprint density at radius 1 is 0.314 bits per heavy atom. The molecule has 0 bridgehead atoms. The van der Waals surface area contributed by atoms with Gasteiger partial charge in [-0.25, -0.2) is 0 Å². The number of phenols is 6. The van der Waals surface area contributed by atoms with Crippen LogP contribution in [0, 0.1) is 0 Å². The fraction of sp³-hybridized carbons (Fsp3) is 0.143. The van der Waals surface area contributed by atoms with Gasteiger partial charge in [0.05, 0.1) is 17.8 Å². The van der Waals surface area contributed by atoms with E-state index in [-0.39, 0.29) is 34.5 Å². The normalized spacial score (nSPS) is 23.1. The average molecular weight is 679 g/mol. The van der Waals surface area contributed by atoms with Crippen LogP contribution in [0.1, 0.15) is 86.1 Å². The van der Waals surface area contributed by atoms with E-state index in [1.165, 1.54) is 0 Å². The van der Waals surface area contributed by atoms with E-state index in [4.69, 9.17) is 14.2 Å². The lowest BCUT2D eigenvalue weighted by Gasteiger charge is -2.26. The van der Waals surface area contributed by atoms with Crippen molar-refractivity contribution in [1.29, 1.82) is 0 Å². The summed E-state index contributed by atoms with van der Waals surface area (Å²) in [4.78, 5) is 0. The van der Waals surface area contributed by atoms with E-state index in [0.717, 1.165) is 50.1 Å². The van der Waals surface area contributed by atoms with Crippen molar-refractivity contribution in [3.05, 3.63) is 159 Å². The minimum Gasteiger partial charge on any atom is -0.508 e. The van der Waals surface area contributed by atoms with E-state index in [0.29, 0.717) is 17.2 Å². The standard InChI is InChI=1S/C42H30O9/c43-22-7-1-19(2-8-22)40-37-28-13-25(46)17-32-35(28)39(42(50-32)21-5-11-24(45)12-6-21)30-15-27(48)18-33-36(30)38(29-14-26(47)16-31(49-40)34(29)37)41(51-33)20-3-9-23(44)10-4-20/h1-18,37-48H/t37-,38-,39+,40+,41-,42-/m1/s1. The third-order valence-corrected chi connectivity index (χ3v) is 10.7. The van der Waals surface area contributed by atoms with Gasteiger partial charge in [0, 0.05) is 34.9 Å². The Labute approximate surface area is 291 Å². The zero-order chi connectivity index (χ0) is 34.7. The molecule has 0 radical (unpaired) electrons. The Morgan fingerprint density at radius 3 is 0.824 bits per heavy atom. The Bertz CT molecular complexity index is 2120. The van der Waals surface area contributed by atoms with Crippen LogP contribution < -0.4 is 14.2 Å². The van der Waals surface area contributed by atoms with E-state index in [9.17, 15) is 30.6 Å². The third-order valence-electron chi connectivity index (χ3n) is 10.7. The minimum atomic E-state index is -0.635. The highest BCUT2D eigenvalue weighted by Crippen LogP contribution is 2.65. The van der Waals surface area contributed by atoms with E-state index < -0.39 is 36.1 Å². The number of hydrogen-bond acceptors (Lipinski definition) is 9. The lowest BCUT2D eigenvalue weighted by molar-refractivity contribution is 0.219. The van der Waals surface area contributed by atoms with Crippen molar-refractivity contribution < 1.29 is 44.8 Å². The molecule has 10 rings (SSSR count).